The average molecular weight is 270 g/mol. The summed E-state index contributed by atoms with van der Waals surface area (Å²) in [5.41, 5.74) is 0.985. The molecule has 0 amide bonds. The van der Waals surface area contributed by atoms with Crippen molar-refractivity contribution >= 4 is 29.3 Å². The first-order valence-corrected chi connectivity index (χ1v) is 6.77. The first kappa shape index (κ1) is 12.9. The van der Waals surface area contributed by atoms with Crippen LogP contribution in [-0.2, 0) is 0 Å². The summed E-state index contributed by atoms with van der Waals surface area (Å²) < 4.78 is 0. The number of benzene rings is 1. The van der Waals surface area contributed by atoms with E-state index in [-0.39, 0.29) is 0 Å². The summed E-state index contributed by atoms with van der Waals surface area (Å²) in [5.74, 6) is 0.792. The van der Waals surface area contributed by atoms with E-state index < -0.39 is 0 Å². The van der Waals surface area contributed by atoms with Crippen LogP contribution >= 0.6 is 23.2 Å². The molecule has 1 N–H and O–H groups in total. The van der Waals surface area contributed by atoms with E-state index in [4.69, 9.17) is 23.2 Å². The molecule has 92 valence electrons. The van der Waals surface area contributed by atoms with Crippen LogP contribution in [0.25, 0.3) is 6.08 Å². The van der Waals surface area contributed by atoms with E-state index in [1.165, 1.54) is 12.8 Å². The Hall–Kier alpha value is -0.500. The molecule has 1 fully saturated rings. The zero-order valence-electron chi connectivity index (χ0n) is 9.92. The van der Waals surface area contributed by atoms with Crippen LogP contribution in [0.1, 0.15) is 25.3 Å². The Morgan fingerprint density at radius 2 is 2.18 bits per heavy atom. The zero-order valence-corrected chi connectivity index (χ0v) is 11.4. The second kappa shape index (κ2) is 5.90. The molecule has 1 heterocycles. The number of piperidine rings is 1. The number of nitrogens with one attached hydrogen (secondary N) is 1. The van der Waals surface area contributed by atoms with Crippen molar-refractivity contribution < 1.29 is 0 Å². The maximum absolute atomic E-state index is 6.11. The Labute approximate surface area is 113 Å². The van der Waals surface area contributed by atoms with Gasteiger partial charge in [-0.25, -0.2) is 0 Å². The maximum atomic E-state index is 6.11. The normalized spacial score (nSPS) is 25.4. The van der Waals surface area contributed by atoms with Crippen molar-refractivity contribution in [2.45, 2.75) is 25.8 Å². The van der Waals surface area contributed by atoms with Crippen molar-refractivity contribution in [1.29, 1.82) is 0 Å². The minimum Gasteiger partial charge on any atom is -0.310 e. The van der Waals surface area contributed by atoms with Crippen molar-refractivity contribution in [3.05, 3.63) is 39.9 Å². The van der Waals surface area contributed by atoms with Crippen LogP contribution in [0.4, 0.5) is 0 Å². The lowest BCUT2D eigenvalue weighted by Crippen LogP contribution is -2.35. The molecule has 3 heteroatoms. The van der Waals surface area contributed by atoms with Gasteiger partial charge in [0, 0.05) is 16.1 Å². The van der Waals surface area contributed by atoms with Crippen LogP contribution in [-0.4, -0.2) is 12.6 Å². The number of hydrogen-bond donors (Lipinski definition) is 1. The molecule has 0 aliphatic carbocycles. The van der Waals surface area contributed by atoms with Gasteiger partial charge >= 0.3 is 0 Å². The lowest BCUT2D eigenvalue weighted by Gasteiger charge is -2.25. The maximum Gasteiger partial charge on any atom is 0.0479 e. The highest BCUT2D eigenvalue weighted by Crippen LogP contribution is 2.23. The molecule has 0 spiro atoms. The molecule has 17 heavy (non-hydrogen) atoms. The van der Waals surface area contributed by atoms with Crippen LogP contribution in [0.15, 0.2) is 24.3 Å². The summed E-state index contributed by atoms with van der Waals surface area (Å²) in [6.45, 7) is 3.40. The Balaban J connectivity index is 2.06. The van der Waals surface area contributed by atoms with E-state index in [9.17, 15) is 0 Å². The van der Waals surface area contributed by atoms with E-state index in [0.717, 1.165) is 28.1 Å². The van der Waals surface area contributed by atoms with Crippen molar-refractivity contribution in [1.82, 2.24) is 5.32 Å². The van der Waals surface area contributed by atoms with Gasteiger partial charge in [0.2, 0.25) is 0 Å². The predicted molar refractivity (Wildman–Crippen MR) is 75.7 cm³/mol. The average Bonchev–Trinajstić information content (AvgIpc) is 2.30. The van der Waals surface area contributed by atoms with Crippen LogP contribution < -0.4 is 5.32 Å². The van der Waals surface area contributed by atoms with Gasteiger partial charge < -0.3 is 5.32 Å². The molecule has 1 aliphatic rings. The number of rotatable bonds is 2. The monoisotopic (exact) mass is 269 g/mol. The highest BCUT2D eigenvalue weighted by Gasteiger charge is 2.15. The van der Waals surface area contributed by atoms with Crippen LogP contribution in [0.2, 0.25) is 10.0 Å². The first-order chi connectivity index (χ1) is 8.15. The van der Waals surface area contributed by atoms with Gasteiger partial charge in [0.15, 0.2) is 0 Å². The fourth-order valence-electron chi connectivity index (χ4n) is 2.16. The molecular weight excluding hydrogens is 253 g/mol. The third-order valence-electron chi connectivity index (χ3n) is 3.17. The molecule has 1 aliphatic heterocycles. The lowest BCUT2D eigenvalue weighted by molar-refractivity contribution is 0.357. The third kappa shape index (κ3) is 3.74. The minimum absolute atomic E-state index is 0.453. The minimum atomic E-state index is 0.453. The van der Waals surface area contributed by atoms with Gasteiger partial charge in [0.05, 0.1) is 0 Å². The van der Waals surface area contributed by atoms with Crippen LogP contribution in [0.5, 0.6) is 0 Å². The Morgan fingerprint density at radius 3 is 2.94 bits per heavy atom. The van der Waals surface area contributed by atoms with E-state index in [0.29, 0.717) is 6.04 Å². The zero-order chi connectivity index (χ0) is 12.3. The van der Waals surface area contributed by atoms with Crippen LogP contribution in [0.3, 0.4) is 0 Å². The molecule has 2 rings (SSSR count). The Bertz CT molecular complexity index is 415. The van der Waals surface area contributed by atoms with Crippen molar-refractivity contribution in [2.75, 3.05) is 6.54 Å². The lowest BCUT2D eigenvalue weighted by atomic mass is 9.94. The van der Waals surface area contributed by atoms with E-state index in [1.807, 2.05) is 18.2 Å². The standard InChI is InChI=1S/C14H17Cl2N/c1-10-6-7-17-13(8-10)4-2-11-9-12(15)3-5-14(11)16/h2-5,9-10,13,17H,6-8H2,1H3/b4-2+. The molecule has 0 aromatic heterocycles. The van der Waals surface area contributed by atoms with E-state index >= 15 is 0 Å². The number of halogens is 2. The summed E-state index contributed by atoms with van der Waals surface area (Å²) >= 11 is 12.1. The van der Waals surface area contributed by atoms with Gasteiger partial charge in [0.25, 0.3) is 0 Å². The second-order valence-electron chi connectivity index (χ2n) is 4.72. The molecule has 0 saturated carbocycles. The Kier molecular flexibility index (Phi) is 4.49. The first-order valence-electron chi connectivity index (χ1n) is 6.02. The van der Waals surface area contributed by atoms with Gasteiger partial charge in [-0.15, -0.1) is 0 Å². The fraction of sp³-hybridized carbons (Fsp3) is 0.429. The largest absolute Gasteiger partial charge is 0.310 e. The molecule has 2 atom stereocenters. The highest BCUT2D eigenvalue weighted by molar-refractivity contribution is 6.34. The van der Waals surface area contributed by atoms with Gasteiger partial charge in [-0.1, -0.05) is 42.3 Å². The topological polar surface area (TPSA) is 12.0 Å². The smallest absolute Gasteiger partial charge is 0.0479 e. The molecule has 1 saturated heterocycles. The number of hydrogen-bond acceptors (Lipinski definition) is 1. The van der Waals surface area contributed by atoms with E-state index in [2.05, 4.69) is 24.4 Å². The summed E-state index contributed by atoms with van der Waals surface area (Å²) in [6, 6.07) is 5.99. The van der Waals surface area contributed by atoms with E-state index in [1.54, 1.807) is 0 Å². The van der Waals surface area contributed by atoms with Crippen molar-refractivity contribution in [2.24, 2.45) is 5.92 Å². The predicted octanol–water partition coefficient (Wildman–Crippen LogP) is 4.39. The van der Waals surface area contributed by atoms with Gasteiger partial charge in [-0.05, 0) is 49.1 Å². The molecule has 1 nitrogen and oxygen atoms in total. The van der Waals surface area contributed by atoms with Crippen molar-refractivity contribution in [3.63, 3.8) is 0 Å². The van der Waals surface area contributed by atoms with Crippen LogP contribution in [0, 0.1) is 5.92 Å². The Morgan fingerprint density at radius 1 is 1.35 bits per heavy atom. The third-order valence-corrected chi connectivity index (χ3v) is 3.75. The molecule has 1 aromatic rings. The SMILES string of the molecule is CC1CCNC(/C=C/c2cc(Cl)ccc2Cl)C1. The summed E-state index contributed by atoms with van der Waals surface area (Å²) in [7, 11) is 0. The van der Waals surface area contributed by atoms with Gasteiger partial charge in [0.1, 0.15) is 0 Å². The second-order valence-corrected chi connectivity index (χ2v) is 5.56. The summed E-state index contributed by atoms with van der Waals surface area (Å²) in [6.07, 6.45) is 6.70. The molecule has 0 bridgehead atoms. The summed E-state index contributed by atoms with van der Waals surface area (Å²) in [4.78, 5) is 0. The molecule has 0 radical (unpaired) electrons. The van der Waals surface area contributed by atoms with Gasteiger partial charge in [-0.2, -0.15) is 0 Å². The summed E-state index contributed by atoms with van der Waals surface area (Å²) in [5, 5.41) is 4.96. The molecule has 2 unspecified atom stereocenters. The molecular formula is C14H17Cl2N. The quantitative estimate of drug-likeness (QED) is 0.840. The van der Waals surface area contributed by atoms with Crippen molar-refractivity contribution in [3.8, 4) is 0 Å². The molecule has 1 aromatic carbocycles. The fourth-order valence-corrected chi connectivity index (χ4v) is 2.52. The highest BCUT2D eigenvalue weighted by atomic mass is 35.5. The van der Waals surface area contributed by atoms with Gasteiger partial charge in [-0.3, -0.25) is 0 Å².